The van der Waals surface area contributed by atoms with Gasteiger partial charge < -0.3 is 19.4 Å². The molecule has 1 aliphatic rings. The van der Waals surface area contributed by atoms with E-state index in [0.717, 1.165) is 5.69 Å². The van der Waals surface area contributed by atoms with Crippen LogP contribution in [0, 0.1) is 5.82 Å². The smallest absolute Gasteiger partial charge is 0.254 e. The molecular weight excluding hydrogens is 313 g/mol. The first-order valence-electron chi connectivity index (χ1n) is 7.80. The first-order chi connectivity index (χ1) is 11.6. The summed E-state index contributed by atoms with van der Waals surface area (Å²) in [4.78, 5) is 16.4. The van der Waals surface area contributed by atoms with Crippen molar-refractivity contribution in [2.45, 2.75) is 25.0 Å². The zero-order valence-electron chi connectivity index (χ0n) is 13.7. The van der Waals surface area contributed by atoms with Crippen LogP contribution in [0.2, 0.25) is 0 Å². The zero-order chi connectivity index (χ0) is 17.1. The van der Waals surface area contributed by atoms with Crippen molar-refractivity contribution in [3.05, 3.63) is 47.8 Å². The highest BCUT2D eigenvalue weighted by Crippen LogP contribution is 2.28. The van der Waals surface area contributed by atoms with Gasteiger partial charge in [-0.1, -0.05) is 0 Å². The molecule has 0 spiro atoms. The van der Waals surface area contributed by atoms with E-state index >= 15 is 0 Å². The molecule has 128 valence electrons. The Hall–Kier alpha value is -2.41. The molecule has 2 atom stereocenters. The Morgan fingerprint density at radius 3 is 3.00 bits per heavy atom. The molecule has 0 radical (unpaired) electrons. The Kier molecular flexibility index (Phi) is 4.80. The maximum Gasteiger partial charge on any atom is 0.254 e. The van der Waals surface area contributed by atoms with Crippen molar-refractivity contribution in [1.82, 2.24) is 14.9 Å². The van der Waals surface area contributed by atoms with Gasteiger partial charge in [0.05, 0.1) is 30.9 Å². The van der Waals surface area contributed by atoms with Crippen molar-refractivity contribution in [1.29, 1.82) is 0 Å². The molecule has 1 aromatic heterocycles. The van der Waals surface area contributed by atoms with E-state index in [1.807, 2.05) is 11.6 Å². The molecule has 0 aliphatic carbocycles. The van der Waals surface area contributed by atoms with E-state index in [0.29, 0.717) is 25.2 Å². The number of aryl methyl sites for hydroxylation is 1. The molecule has 3 rings (SSSR count). The molecule has 7 heteroatoms. The van der Waals surface area contributed by atoms with Gasteiger partial charge in [0.2, 0.25) is 0 Å². The number of nitrogens with zero attached hydrogens (tertiary/aromatic N) is 2. The molecular formula is C17H20FN3O3. The van der Waals surface area contributed by atoms with Crippen LogP contribution in [-0.4, -0.2) is 35.2 Å². The quantitative estimate of drug-likeness (QED) is 0.932. The first kappa shape index (κ1) is 16.4. The van der Waals surface area contributed by atoms with E-state index in [1.54, 1.807) is 18.6 Å². The van der Waals surface area contributed by atoms with E-state index < -0.39 is 11.7 Å². The summed E-state index contributed by atoms with van der Waals surface area (Å²) in [6.45, 7) is 0.534. The van der Waals surface area contributed by atoms with Crippen LogP contribution < -0.4 is 10.1 Å². The average Bonchev–Trinajstić information content (AvgIpc) is 3.01. The summed E-state index contributed by atoms with van der Waals surface area (Å²) in [7, 11) is 3.36. The zero-order valence-corrected chi connectivity index (χ0v) is 13.7. The minimum Gasteiger partial charge on any atom is -0.497 e. The Balaban J connectivity index is 1.67. The number of carbonyl (C=O) groups is 1. The highest BCUT2D eigenvalue weighted by molar-refractivity contribution is 5.94. The summed E-state index contributed by atoms with van der Waals surface area (Å²) in [6, 6.07) is 4.13. The third kappa shape index (κ3) is 3.41. The third-order valence-electron chi connectivity index (χ3n) is 4.22. The topological polar surface area (TPSA) is 65.4 Å². The van der Waals surface area contributed by atoms with Crippen LogP contribution in [0.5, 0.6) is 5.75 Å². The van der Waals surface area contributed by atoms with Crippen LogP contribution in [0.1, 0.15) is 35.0 Å². The number of halogens is 1. The van der Waals surface area contributed by atoms with Gasteiger partial charge in [-0.3, -0.25) is 4.79 Å². The first-order valence-corrected chi connectivity index (χ1v) is 7.80. The van der Waals surface area contributed by atoms with Crippen molar-refractivity contribution in [2.24, 2.45) is 7.05 Å². The molecule has 1 saturated heterocycles. The number of ether oxygens (including phenoxy) is 2. The van der Waals surface area contributed by atoms with Gasteiger partial charge in [0.15, 0.2) is 0 Å². The number of rotatable bonds is 4. The van der Waals surface area contributed by atoms with Gasteiger partial charge in [-0.15, -0.1) is 0 Å². The van der Waals surface area contributed by atoms with Crippen molar-refractivity contribution in [3.63, 3.8) is 0 Å². The van der Waals surface area contributed by atoms with Crippen LogP contribution in [-0.2, 0) is 11.8 Å². The SMILES string of the molecule is COc1ccc(C(=O)N[C@H]2CCO[C@@H](c3cncn3C)C2)c(F)c1. The number of amides is 1. The minimum atomic E-state index is -0.595. The van der Waals surface area contributed by atoms with E-state index in [-0.39, 0.29) is 17.7 Å². The molecule has 6 nitrogen and oxygen atoms in total. The van der Waals surface area contributed by atoms with Crippen molar-refractivity contribution >= 4 is 5.91 Å². The van der Waals surface area contributed by atoms with E-state index in [9.17, 15) is 9.18 Å². The highest BCUT2D eigenvalue weighted by atomic mass is 19.1. The van der Waals surface area contributed by atoms with E-state index in [4.69, 9.17) is 9.47 Å². The summed E-state index contributed by atoms with van der Waals surface area (Å²) in [6.07, 6.45) is 4.67. The predicted octanol–water partition coefficient (Wildman–Crippen LogP) is 2.22. The van der Waals surface area contributed by atoms with Gasteiger partial charge >= 0.3 is 0 Å². The van der Waals surface area contributed by atoms with E-state index in [2.05, 4.69) is 10.3 Å². The van der Waals surface area contributed by atoms with Crippen molar-refractivity contribution < 1.29 is 18.7 Å². The fourth-order valence-corrected chi connectivity index (χ4v) is 2.88. The minimum absolute atomic E-state index is 0.0133. The number of hydrogen-bond acceptors (Lipinski definition) is 4. The Morgan fingerprint density at radius 1 is 1.50 bits per heavy atom. The van der Waals surface area contributed by atoms with Gasteiger partial charge in [0, 0.05) is 25.8 Å². The Bertz CT molecular complexity index is 732. The normalized spacial score (nSPS) is 20.6. The fraction of sp³-hybridized carbons (Fsp3) is 0.412. The molecule has 0 bridgehead atoms. The largest absolute Gasteiger partial charge is 0.497 e. The second kappa shape index (κ2) is 7.00. The van der Waals surface area contributed by atoms with Crippen molar-refractivity contribution in [2.75, 3.05) is 13.7 Å². The number of hydrogen-bond donors (Lipinski definition) is 1. The van der Waals surface area contributed by atoms with Gasteiger partial charge in [0.25, 0.3) is 5.91 Å². The lowest BCUT2D eigenvalue weighted by Crippen LogP contribution is -2.40. The van der Waals surface area contributed by atoms with Gasteiger partial charge in [-0.25, -0.2) is 9.37 Å². The monoisotopic (exact) mass is 333 g/mol. The number of benzene rings is 1. The van der Waals surface area contributed by atoms with Gasteiger partial charge in [-0.2, -0.15) is 0 Å². The maximum atomic E-state index is 14.0. The van der Waals surface area contributed by atoms with Gasteiger partial charge in [0.1, 0.15) is 17.7 Å². The summed E-state index contributed by atoms with van der Waals surface area (Å²) >= 11 is 0. The molecule has 1 aliphatic heterocycles. The number of aromatic nitrogens is 2. The predicted molar refractivity (Wildman–Crippen MR) is 85.3 cm³/mol. The summed E-state index contributed by atoms with van der Waals surface area (Å²) in [5, 5.41) is 2.90. The maximum absolute atomic E-state index is 14.0. The second-order valence-corrected chi connectivity index (χ2v) is 5.83. The molecule has 1 aromatic carbocycles. The lowest BCUT2D eigenvalue weighted by molar-refractivity contribution is -0.00303. The molecule has 2 heterocycles. The highest BCUT2D eigenvalue weighted by Gasteiger charge is 2.27. The van der Waals surface area contributed by atoms with Gasteiger partial charge in [-0.05, 0) is 25.0 Å². The summed E-state index contributed by atoms with van der Waals surface area (Å²) < 4.78 is 26.6. The standard InChI is InChI=1S/C17H20FN3O3/c1-21-10-19-9-15(21)16-7-11(5-6-24-16)20-17(22)13-4-3-12(23-2)8-14(13)18/h3-4,8-11,16H,5-7H2,1-2H3,(H,20,22)/t11-,16+/m0/s1. The Labute approximate surface area is 139 Å². The number of nitrogens with one attached hydrogen (secondary N) is 1. The molecule has 1 amide bonds. The molecule has 24 heavy (non-hydrogen) atoms. The van der Waals surface area contributed by atoms with Crippen molar-refractivity contribution in [3.8, 4) is 5.75 Å². The fourth-order valence-electron chi connectivity index (χ4n) is 2.88. The Morgan fingerprint density at radius 2 is 2.33 bits per heavy atom. The molecule has 0 saturated carbocycles. The second-order valence-electron chi connectivity index (χ2n) is 5.83. The molecule has 1 fully saturated rings. The summed E-state index contributed by atoms with van der Waals surface area (Å²) in [5.41, 5.74) is 0.976. The third-order valence-corrected chi connectivity index (χ3v) is 4.22. The molecule has 0 unspecified atom stereocenters. The van der Waals surface area contributed by atoms with Crippen LogP contribution in [0.25, 0.3) is 0 Å². The van der Waals surface area contributed by atoms with E-state index in [1.165, 1.54) is 19.2 Å². The number of methoxy groups -OCH3 is 1. The van der Waals surface area contributed by atoms with Crippen LogP contribution in [0.4, 0.5) is 4.39 Å². The number of imidazole rings is 1. The van der Waals surface area contributed by atoms with Crippen LogP contribution in [0.3, 0.4) is 0 Å². The summed E-state index contributed by atoms with van der Waals surface area (Å²) in [5.74, 6) is -0.640. The molecule has 1 N–H and O–H groups in total. The average molecular weight is 333 g/mol. The van der Waals surface area contributed by atoms with Crippen LogP contribution >= 0.6 is 0 Å². The molecule has 2 aromatic rings. The lowest BCUT2D eigenvalue weighted by atomic mass is 10.0. The number of carbonyl (C=O) groups excluding carboxylic acids is 1. The van der Waals surface area contributed by atoms with Crippen LogP contribution in [0.15, 0.2) is 30.7 Å². The lowest BCUT2D eigenvalue weighted by Gasteiger charge is -2.30.